The molecule has 0 aliphatic carbocycles. The normalized spacial score (nSPS) is 11.9. The van der Waals surface area contributed by atoms with Crippen LogP contribution in [0.5, 0.6) is 0 Å². The zero-order chi connectivity index (χ0) is 14.3. The molecular weight excluding hydrogens is 246 g/mol. The molecule has 1 atom stereocenters. The molecule has 104 valence electrons. The number of carboxylic acid groups (broad SMARTS) is 1. The molecule has 1 rings (SSSR count). The highest BCUT2D eigenvalue weighted by atomic mass is 16.5. The lowest BCUT2D eigenvalue weighted by atomic mass is 10.1. The van der Waals surface area contributed by atoms with E-state index in [1.165, 1.54) is 4.90 Å². The van der Waals surface area contributed by atoms with E-state index in [2.05, 4.69) is 0 Å². The van der Waals surface area contributed by atoms with Crippen LogP contribution >= 0.6 is 0 Å². The van der Waals surface area contributed by atoms with Crippen LogP contribution in [0.25, 0.3) is 0 Å². The molecule has 5 heteroatoms. The summed E-state index contributed by atoms with van der Waals surface area (Å²) < 4.78 is 4.98. The van der Waals surface area contributed by atoms with Gasteiger partial charge in [0.25, 0.3) is 0 Å². The van der Waals surface area contributed by atoms with Gasteiger partial charge in [-0.15, -0.1) is 0 Å². The number of amides is 1. The highest BCUT2D eigenvalue weighted by Crippen LogP contribution is 2.16. The van der Waals surface area contributed by atoms with Crippen LogP contribution in [-0.4, -0.2) is 37.2 Å². The molecule has 1 aromatic carbocycles. The Labute approximate surface area is 112 Å². The first kappa shape index (κ1) is 15.2. The second-order valence-corrected chi connectivity index (χ2v) is 4.47. The van der Waals surface area contributed by atoms with Gasteiger partial charge in [0.2, 0.25) is 5.91 Å². The first-order chi connectivity index (χ1) is 9.04. The number of carboxylic acids is 1. The maximum Gasteiger partial charge on any atom is 0.323 e. The lowest BCUT2D eigenvalue weighted by molar-refractivity contribution is -0.136. The number of nitrogens with zero attached hydrogens (tertiary/aromatic N) is 1. The Balaban J connectivity index is 2.80. The van der Waals surface area contributed by atoms with Crippen molar-refractivity contribution in [3.05, 3.63) is 30.3 Å². The number of aliphatic carboxylic acids is 1. The Kier molecular flexibility index (Phi) is 6.02. The van der Waals surface area contributed by atoms with Crippen molar-refractivity contribution in [2.75, 3.05) is 25.2 Å². The molecule has 19 heavy (non-hydrogen) atoms. The molecule has 1 unspecified atom stereocenters. The molecule has 0 saturated carbocycles. The summed E-state index contributed by atoms with van der Waals surface area (Å²) in [4.78, 5) is 24.3. The summed E-state index contributed by atoms with van der Waals surface area (Å²) in [5.41, 5.74) is 0.597. The number of rotatable bonds is 7. The van der Waals surface area contributed by atoms with Crippen LogP contribution in [0.2, 0.25) is 0 Å². The maximum absolute atomic E-state index is 12.2. The fraction of sp³-hybridized carbons (Fsp3) is 0.429. The van der Waals surface area contributed by atoms with Gasteiger partial charge in [0, 0.05) is 25.8 Å². The van der Waals surface area contributed by atoms with E-state index < -0.39 is 5.97 Å². The number of carbonyl (C=O) groups is 2. The second-order valence-electron chi connectivity index (χ2n) is 4.47. The molecule has 0 spiro atoms. The molecule has 0 saturated heterocycles. The largest absolute Gasteiger partial charge is 0.480 e. The van der Waals surface area contributed by atoms with Crippen molar-refractivity contribution in [3.8, 4) is 0 Å². The first-order valence-electron chi connectivity index (χ1n) is 6.10. The van der Waals surface area contributed by atoms with Gasteiger partial charge in [-0.05, 0) is 18.1 Å². The molecule has 5 nitrogen and oxygen atoms in total. The van der Waals surface area contributed by atoms with Crippen LogP contribution in [0.4, 0.5) is 5.69 Å². The monoisotopic (exact) mass is 265 g/mol. The molecular formula is C14H19NO4. The molecule has 0 heterocycles. The lowest BCUT2D eigenvalue weighted by Crippen LogP contribution is -2.36. The molecule has 0 aliphatic rings. The summed E-state index contributed by atoms with van der Waals surface area (Å²) in [6.07, 6.45) is 0.260. The summed E-state index contributed by atoms with van der Waals surface area (Å²) in [5, 5.41) is 8.91. The number of hydrogen-bond acceptors (Lipinski definition) is 3. The van der Waals surface area contributed by atoms with Crippen molar-refractivity contribution in [1.29, 1.82) is 0 Å². The number of hydrogen-bond donors (Lipinski definition) is 1. The van der Waals surface area contributed by atoms with Crippen LogP contribution in [0, 0.1) is 5.92 Å². The number of methoxy groups -OCH3 is 1. The molecule has 0 radical (unpaired) electrons. The standard InChI is InChI=1S/C14H19NO4/c1-11(10-19-2)8-13(16)15(9-14(17)18)12-6-4-3-5-7-12/h3-7,11H,8-10H2,1-2H3,(H,17,18). The smallest absolute Gasteiger partial charge is 0.323 e. The summed E-state index contributed by atoms with van der Waals surface area (Å²) in [5.74, 6) is -1.19. The van der Waals surface area contributed by atoms with Gasteiger partial charge in [0.15, 0.2) is 0 Å². The fourth-order valence-electron chi connectivity index (χ4n) is 1.82. The van der Waals surface area contributed by atoms with Gasteiger partial charge in [-0.2, -0.15) is 0 Å². The predicted molar refractivity (Wildman–Crippen MR) is 72.1 cm³/mol. The average Bonchev–Trinajstić information content (AvgIpc) is 2.37. The van der Waals surface area contributed by atoms with Crippen LogP contribution in [-0.2, 0) is 14.3 Å². The summed E-state index contributed by atoms with van der Waals surface area (Å²) in [6.45, 7) is 2.04. The topological polar surface area (TPSA) is 66.8 Å². The highest BCUT2D eigenvalue weighted by molar-refractivity contribution is 5.97. The molecule has 1 amide bonds. The Bertz CT molecular complexity index is 419. The van der Waals surface area contributed by atoms with Gasteiger partial charge in [-0.3, -0.25) is 9.59 Å². The summed E-state index contributed by atoms with van der Waals surface area (Å²) in [7, 11) is 1.58. The van der Waals surface area contributed by atoms with E-state index in [-0.39, 0.29) is 24.8 Å². The Morgan fingerprint density at radius 1 is 1.32 bits per heavy atom. The van der Waals surface area contributed by atoms with E-state index in [1.54, 1.807) is 31.4 Å². The van der Waals surface area contributed by atoms with Crippen molar-refractivity contribution in [2.24, 2.45) is 5.92 Å². The number of ether oxygens (including phenoxy) is 1. The van der Waals surface area contributed by atoms with E-state index in [9.17, 15) is 9.59 Å². The van der Waals surface area contributed by atoms with Crippen LogP contribution in [0.3, 0.4) is 0 Å². The van der Waals surface area contributed by atoms with Crippen LogP contribution in [0.1, 0.15) is 13.3 Å². The Hall–Kier alpha value is -1.88. The molecule has 1 N–H and O–H groups in total. The zero-order valence-corrected chi connectivity index (χ0v) is 11.2. The lowest BCUT2D eigenvalue weighted by Gasteiger charge is -2.22. The minimum Gasteiger partial charge on any atom is -0.480 e. The third-order valence-corrected chi connectivity index (χ3v) is 2.64. The third-order valence-electron chi connectivity index (χ3n) is 2.64. The van der Waals surface area contributed by atoms with E-state index >= 15 is 0 Å². The number of benzene rings is 1. The molecule has 0 fully saturated rings. The molecule has 1 aromatic rings. The van der Waals surface area contributed by atoms with Gasteiger partial charge < -0.3 is 14.7 Å². The second kappa shape index (κ2) is 7.53. The maximum atomic E-state index is 12.2. The highest BCUT2D eigenvalue weighted by Gasteiger charge is 2.20. The average molecular weight is 265 g/mol. The Morgan fingerprint density at radius 2 is 1.95 bits per heavy atom. The minimum absolute atomic E-state index is 0.0532. The quantitative estimate of drug-likeness (QED) is 0.816. The third kappa shape index (κ3) is 5.09. The molecule has 0 aromatic heterocycles. The SMILES string of the molecule is COCC(C)CC(=O)N(CC(=O)O)c1ccccc1. The number of para-hydroxylation sites is 1. The first-order valence-corrected chi connectivity index (χ1v) is 6.10. The van der Waals surface area contributed by atoms with Gasteiger partial charge in [0.05, 0.1) is 0 Å². The van der Waals surface area contributed by atoms with Crippen molar-refractivity contribution >= 4 is 17.6 Å². The van der Waals surface area contributed by atoms with Crippen molar-refractivity contribution in [2.45, 2.75) is 13.3 Å². The van der Waals surface area contributed by atoms with Gasteiger partial charge in [-0.1, -0.05) is 25.1 Å². The fourth-order valence-corrected chi connectivity index (χ4v) is 1.82. The van der Waals surface area contributed by atoms with Crippen molar-refractivity contribution < 1.29 is 19.4 Å². The van der Waals surface area contributed by atoms with Crippen LogP contribution in [0.15, 0.2) is 30.3 Å². The Morgan fingerprint density at radius 3 is 2.47 bits per heavy atom. The van der Waals surface area contributed by atoms with Gasteiger partial charge >= 0.3 is 5.97 Å². The van der Waals surface area contributed by atoms with Crippen molar-refractivity contribution in [3.63, 3.8) is 0 Å². The van der Waals surface area contributed by atoms with Gasteiger partial charge in [-0.25, -0.2) is 0 Å². The summed E-state index contributed by atoms with van der Waals surface area (Å²) >= 11 is 0. The van der Waals surface area contributed by atoms with E-state index in [0.717, 1.165) is 0 Å². The van der Waals surface area contributed by atoms with Crippen LogP contribution < -0.4 is 4.90 Å². The number of anilines is 1. The van der Waals surface area contributed by atoms with E-state index in [0.29, 0.717) is 12.3 Å². The van der Waals surface area contributed by atoms with Gasteiger partial charge in [0.1, 0.15) is 6.54 Å². The van der Waals surface area contributed by atoms with E-state index in [4.69, 9.17) is 9.84 Å². The molecule has 0 bridgehead atoms. The molecule has 0 aliphatic heterocycles. The minimum atomic E-state index is -1.03. The zero-order valence-electron chi connectivity index (χ0n) is 11.2. The van der Waals surface area contributed by atoms with Crippen molar-refractivity contribution in [1.82, 2.24) is 0 Å². The van der Waals surface area contributed by atoms with E-state index in [1.807, 2.05) is 13.0 Å². The predicted octanol–water partition coefficient (Wildman–Crippen LogP) is 1.78. The summed E-state index contributed by atoms with van der Waals surface area (Å²) in [6, 6.07) is 8.82. The number of carbonyl (C=O) groups excluding carboxylic acids is 1.